The van der Waals surface area contributed by atoms with Crippen LogP contribution in [-0.2, 0) is 0 Å². The Morgan fingerprint density at radius 3 is 2.55 bits per heavy atom. The minimum atomic E-state index is -0.653. The molecule has 3 aromatic rings. The van der Waals surface area contributed by atoms with Gasteiger partial charge in [-0.05, 0) is 36.8 Å². The zero-order valence-corrected chi connectivity index (χ0v) is 10.6. The van der Waals surface area contributed by atoms with Crippen LogP contribution in [0.15, 0.2) is 51.7 Å². The van der Waals surface area contributed by atoms with Crippen molar-refractivity contribution in [3.63, 3.8) is 0 Å². The minimum absolute atomic E-state index is 0.144. The van der Waals surface area contributed by atoms with Crippen molar-refractivity contribution in [1.82, 2.24) is 0 Å². The molecule has 0 unspecified atom stereocenters. The van der Waals surface area contributed by atoms with Crippen LogP contribution < -0.4 is 5.43 Å². The highest BCUT2D eigenvalue weighted by atomic mass is 19.1. The minimum Gasteiger partial charge on any atom is -0.461 e. The van der Waals surface area contributed by atoms with Gasteiger partial charge >= 0.3 is 0 Å². The second-order valence-corrected chi connectivity index (χ2v) is 4.56. The summed E-state index contributed by atoms with van der Waals surface area (Å²) >= 11 is 0. The molecule has 0 atom stereocenters. The van der Waals surface area contributed by atoms with Gasteiger partial charge in [0, 0.05) is 17.7 Å². The van der Waals surface area contributed by atoms with Crippen molar-refractivity contribution < 1.29 is 13.2 Å². The molecule has 0 aliphatic heterocycles. The molecule has 0 radical (unpaired) electrons. The van der Waals surface area contributed by atoms with Crippen LogP contribution in [0.3, 0.4) is 0 Å². The van der Waals surface area contributed by atoms with Gasteiger partial charge in [-0.2, -0.15) is 0 Å². The third-order valence-corrected chi connectivity index (χ3v) is 3.09. The van der Waals surface area contributed by atoms with E-state index in [0.717, 1.165) is 6.07 Å². The number of aryl methyl sites for hydroxylation is 1. The molecule has 0 fully saturated rings. The van der Waals surface area contributed by atoms with Gasteiger partial charge in [0.1, 0.15) is 23.0 Å². The fourth-order valence-electron chi connectivity index (χ4n) is 2.17. The van der Waals surface area contributed by atoms with E-state index in [9.17, 15) is 13.6 Å². The highest BCUT2D eigenvalue weighted by molar-refractivity contribution is 5.82. The lowest BCUT2D eigenvalue weighted by atomic mass is 10.0. The van der Waals surface area contributed by atoms with Crippen molar-refractivity contribution in [3.05, 3.63) is 70.1 Å². The molecular weight excluding hydrogens is 262 g/mol. The summed E-state index contributed by atoms with van der Waals surface area (Å²) < 4.78 is 32.2. The first-order chi connectivity index (χ1) is 9.54. The molecule has 0 saturated carbocycles. The van der Waals surface area contributed by atoms with Crippen LogP contribution >= 0.6 is 0 Å². The molecule has 20 heavy (non-hydrogen) atoms. The molecule has 2 aromatic carbocycles. The highest BCUT2D eigenvalue weighted by Crippen LogP contribution is 2.26. The van der Waals surface area contributed by atoms with E-state index in [4.69, 9.17) is 4.42 Å². The Balaban J connectivity index is 2.25. The first kappa shape index (κ1) is 12.5. The van der Waals surface area contributed by atoms with Crippen molar-refractivity contribution in [2.24, 2.45) is 0 Å². The Bertz CT molecular complexity index is 866. The summed E-state index contributed by atoms with van der Waals surface area (Å²) in [5.41, 5.74) is 1.03. The average molecular weight is 272 g/mol. The van der Waals surface area contributed by atoms with E-state index in [1.54, 1.807) is 25.1 Å². The van der Waals surface area contributed by atoms with Gasteiger partial charge in [-0.3, -0.25) is 4.79 Å². The maximum absolute atomic E-state index is 13.8. The number of halogens is 2. The third-order valence-electron chi connectivity index (χ3n) is 3.09. The molecule has 3 rings (SSSR count). The van der Waals surface area contributed by atoms with Crippen molar-refractivity contribution in [2.45, 2.75) is 6.92 Å². The normalized spacial score (nSPS) is 10.9. The summed E-state index contributed by atoms with van der Waals surface area (Å²) in [6.07, 6.45) is 0. The van der Waals surface area contributed by atoms with Crippen molar-refractivity contribution in [2.75, 3.05) is 0 Å². The van der Waals surface area contributed by atoms with Crippen LogP contribution in [0.5, 0.6) is 0 Å². The van der Waals surface area contributed by atoms with Gasteiger partial charge in [0.15, 0.2) is 5.43 Å². The van der Waals surface area contributed by atoms with E-state index < -0.39 is 11.6 Å². The van der Waals surface area contributed by atoms with E-state index in [2.05, 4.69) is 0 Å². The molecular formula is C16H10F2O2. The van der Waals surface area contributed by atoms with E-state index in [1.807, 2.05) is 0 Å². The van der Waals surface area contributed by atoms with E-state index >= 15 is 0 Å². The number of hydrogen-bond donors (Lipinski definition) is 0. The Kier molecular flexibility index (Phi) is 2.86. The fraction of sp³-hybridized carbons (Fsp3) is 0.0625. The van der Waals surface area contributed by atoms with Gasteiger partial charge in [-0.25, -0.2) is 8.78 Å². The van der Waals surface area contributed by atoms with Gasteiger partial charge in [0.25, 0.3) is 0 Å². The first-order valence-corrected chi connectivity index (χ1v) is 6.04. The predicted octanol–water partition coefficient (Wildman–Crippen LogP) is 4.05. The van der Waals surface area contributed by atoms with Crippen LogP contribution in [0, 0.1) is 18.6 Å². The molecule has 0 N–H and O–H groups in total. The molecule has 1 aromatic heterocycles. The predicted molar refractivity (Wildman–Crippen MR) is 72.6 cm³/mol. The molecule has 0 saturated heterocycles. The lowest BCUT2D eigenvalue weighted by Crippen LogP contribution is -2.00. The van der Waals surface area contributed by atoms with E-state index in [-0.39, 0.29) is 11.0 Å². The van der Waals surface area contributed by atoms with Gasteiger partial charge in [0.2, 0.25) is 0 Å². The summed E-state index contributed by atoms with van der Waals surface area (Å²) in [5, 5.41) is 0.432. The van der Waals surface area contributed by atoms with Crippen LogP contribution in [0.2, 0.25) is 0 Å². The summed E-state index contributed by atoms with van der Waals surface area (Å²) in [6, 6.07) is 9.56. The lowest BCUT2D eigenvalue weighted by molar-refractivity contribution is 0.565. The second kappa shape index (κ2) is 4.56. The number of hydrogen-bond acceptors (Lipinski definition) is 2. The van der Waals surface area contributed by atoms with Crippen molar-refractivity contribution >= 4 is 11.0 Å². The van der Waals surface area contributed by atoms with Gasteiger partial charge in [-0.15, -0.1) is 0 Å². The van der Waals surface area contributed by atoms with Gasteiger partial charge in [-0.1, -0.05) is 6.07 Å². The SMILES string of the molecule is Cc1cc(=O)c2ccc(-c3ccc(F)cc3F)cc2o1. The zero-order valence-electron chi connectivity index (χ0n) is 10.6. The van der Waals surface area contributed by atoms with Gasteiger partial charge in [0.05, 0.1) is 5.39 Å². The maximum Gasteiger partial charge on any atom is 0.192 e. The number of fused-ring (bicyclic) bond motifs is 1. The zero-order chi connectivity index (χ0) is 14.3. The van der Waals surface area contributed by atoms with Gasteiger partial charge < -0.3 is 4.42 Å². The molecule has 0 aliphatic carbocycles. The van der Waals surface area contributed by atoms with Crippen molar-refractivity contribution in [3.8, 4) is 11.1 Å². The van der Waals surface area contributed by atoms with Crippen LogP contribution in [0.4, 0.5) is 8.78 Å². The van der Waals surface area contributed by atoms with Crippen LogP contribution in [-0.4, -0.2) is 0 Å². The Labute approximate surface area is 113 Å². The molecule has 0 spiro atoms. The van der Waals surface area contributed by atoms with Crippen molar-refractivity contribution in [1.29, 1.82) is 0 Å². The fourth-order valence-corrected chi connectivity index (χ4v) is 2.17. The largest absolute Gasteiger partial charge is 0.461 e. The molecule has 100 valence electrons. The number of benzene rings is 2. The first-order valence-electron chi connectivity index (χ1n) is 6.04. The summed E-state index contributed by atoms with van der Waals surface area (Å²) in [4.78, 5) is 11.8. The Hall–Kier alpha value is -2.49. The third kappa shape index (κ3) is 2.09. The smallest absolute Gasteiger partial charge is 0.192 e. The van der Waals surface area contributed by atoms with E-state index in [0.29, 0.717) is 22.3 Å². The molecule has 4 heteroatoms. The maximum atomic E-state index is 13.8. The average Bonchev–Trinajstić information content (AvgIpc) is 2.37. The molecule has 2 nitrogen and oxygen atoms in total. The van der Waals surface area contributed by atoms with E-state index in [1.165, 1.54) is 18.2 Å². The highest BCUT2D eigenvalue weighted by Gasteiger charge is 2.09. The monoisotopic (exact) mass is 272 g/mol. The quantitative estimate of drug-likeness (QED) is 0.669. The topological polar surface area (TPSA) is 30.2 Å². The lowest BCUT2D eigenvalue weighted by Gasteiger charge is -2.05. The summed E-state index contributed by atoms with van der Waals surface area (Å²) in [7, 11) is 0. The molecule has 0 bridgehead atoms. The van der Waals surface area contributed by atoms with Crippen LogP contribution in [0.1, 0.15) is 5.76 Å². The molecule has 0 aliphatic rings. The second-order valence-electron chi connectivity index (χ2n) is 4.56. The standard InChI is InChI=1S/C16H10F2O2/c1-9-6-15(19)13-4-2-10(7-16(13)20-9)12-5-3-11(17)8-14(12)18/h2-8H,1H3. The molecule has 1 heterocycles. The van der Waals surface area contributed by atoms with Crippen LogP contribution in [0.25, 0.3) is 22.1 Å². The Morgan fingerprint density at radius 2 is 1.80 bits per heavy atom. The number of rotatable bonds is 1. The Morgan fingerprint density at radius 1 is 1.00 bits per heavy atom. The summed E-state index contributed by atoms with van der Waals surface area (Å²) in [5.74, 6) is -0.798. The summed E-state index contributed by atoms with van der Waals surface area (Å²) in [6.45, 7) is 1.67. The molecule has 0 amide bonds.